The molecular weight excluding hydrogens is 271 g/mol. The van der Waals surface area contributed by atoms with Crippen LogP contribution in [0, 0.1) is 11.7 Å². The van der Waals surface area contributed by atoms with E-state index in [0.29, 0.717) is 12.0 Å². The molecular formula is C16H21FN2O2. The third kappa shape index (κ3) is 3.23. The van der Waals surface area contributed by atoms with Gasteiger partial charge in [0, 0.05) is 6.54 Å². The molecule has 1 aromatic rings. The summed E-state index contributed by atoms with van der Waals surface area (Å²) in [7, 11) is 0. The van der Waals surface area contributed by atoms with Gasteiger partial charge in [0.05, 0.1) is 0 Å². The van der Waals surface area contributed by atoms with Crippen molar-refractivity contribution in [3.63, 3.8) is 0 Å². The number of nitrogens with zero attached hydrogens (tertiary/aromatic N) is 1. The van der Waals surface area contributed by atoms with Crippen molar-refractivity contribution in [3.8, 4) is 0 Å². The second-order valence-corrected chi connectivity index (χ2v) is 5.75. The highest BCUT2D eigenvalue weighted by Gasteiger charge is 2.40. The molecule has 0 spiro atoms. The van der Waals surface area contributed by atoms with Crippen LogP contribution in [0.5, 0.6) is 0 Å². The molecule has 2 amide bonds. The number of hydrogen-bond acceptors (Lipinski definition) is 2. The Bertz CT molecular complexity index is 545. The van der Waals surface area contributed by atoms with Crippen molar-refractivity contribution in [1.82, 2.24) is 10.2 Å². The average Bonchev–Trinajstić information content (AvgIpc) is 2.42. The Labute approximate surface area is 124 Å². The summed E-state index contributed by atoms with van der Waals surface area (Å²) >= 11 is 0. The first-order chi connectivity index (χ1) is 9.93. The van der Waals surface area contributed by atoms with Gasteiger partial charge in [-0.3, -0.25) is 9.59 Å². The van der Waals surface area contributed by atoms with Gasteiger partial charge in [0.25, 0.3) is 0 Å². The quantitative estimate of drug-likeness (QED) is 0.924. The van der Waals surface area contributed by atoms with Crippen molar-refractivity contribution in [1.29, 1.82) is 0 Å². The number of nitrogens with one attached hydrogen (secondary N) is 1. The van der Waals surface area contributed by atoms with Gasteiger partial charge in [-0.15, -0.1) is 0 Å². The van der Waals surface area contributed by atoms with E-state index in [4.69, 9.17) is 0 Å². The zero-order valence-electron chi connectivity index (χ0n) is 12.6. The molecule has 5 heteroatoms. The number of amides is 2. The first-order valence-electron chi connectivity index (χ1n) is 7.29. The number of carbonyl (C=O) groups excluding carboxylic acids is 2. The van der Waals surface area contributed by atoms with Gasteiger partial charge in [-0.2, -0.15) is 0 Å². The van der Waals surface area contributed by atoms with Crippen LogP contribution in [0.1, 0.15) is 32.8 Å². The average molecular weight is 292 g/mol. The van der Waals surface area contributed by atoms with Gasteiger partial charge in [-0.1, -0.05) is 32.9 Å². The topological polar surface area (TPSA) is 49.4 Å². The summed E-state index contributed by atoms with van der Waals surface area (Å²) in [6.45, 7) is 5.92. The third-order valence-corrected chi connectivity index (χ3v) is 3.82. The summed E-state index contributed by atoms with van der Waals surface area (Å²) in [5.74, 6) is -0.544. The minimum absolute atomic E-state index is 0.0225. The van der Waals surface area contributed by atoms with Crippen molar-refractivity contribution in [2.75, 3.05) is 0 Å². The molecule has 2 rings (SSSR count). The molecule has 4 nitrogen and oxygen atoms in total. The molecule has 21 heavy (non-hydrogen) atoms. The summed E-state index contributed by atoms with van der Waals surface area (Å²) in [6, 6.07) is 5.14. The van der Waals surface area contributed by atoms with Crippen LogP contribution in [-0.2, 0) is 16.1 Å². The van der Waals surface area contributed by atoms with Gasteiger partial charge in [0.1, 0.15) is 17.9 Å². The lowest BCUT2D eigenvalue weighted by molar-refractivity contribution is -0.151. The smallest absolute Gasteiger partial charge is 0.246 e. The first-order valence-corrected chi connectivity index (χ1v) is 7.29. The van der Waals surface area contributed by atoms with E-state index >= 15 is 0 Å². The second kappa shape index (κ2) is 6.24. The normalized spacial score (nSPS) is 22.6. The lowest BCUT2D eigenvalue weighted by Crippen LogP contribution is -2.64. The van der Waals surface area contributed by atoms with E-state index in [-0.39, 0.29) is 30.1 Å². The number of halogens is 1. The van der Waals surface area contributed by atoms with Crippen LogP contribution in [0.25, 0.3) is 0 Å². The lowest BCUT2D eigenvalue weighted by Gasteiger charge is -2.40. The first kappa shape index (κ1) is 15.5. The Balaban J connectivity index is 2.27. The van der Waals surface area contributed by atoms with E-state index in [9.17, 15) is 14.0 Å². The van der Waals surface area contributed by atoms with Crippen molar-refractivity contribution < 1.29 is 14.0 Å². The molecule has 0 saturated carbocycles. The number of rotatable bonds is 4. The van der Waals surface area contributed by atoms with Gasteiger partial charge in [-0.05, 0) is 30.0 Å². The summed E-state index contributed by atoms with van der Waals surface area (Å²) < 4.78 is 13.3. The zero-order chi connectivity index (χ0) is 15.6. The van der Waals surface area contributed by atoms with Crippen molar-refractivity contribution >= 4 is 11.8 Å². The molecule has 2 unspecified atom stereocenters. The Kier molecular flexibility index (Phi) is 4.60. The van der Waals surface area contributed by atoms with Crippen molar-refractivity contribution in [2.24, 2.45) is 5.92 Å². The molecule has 1 aliphatic heterocycles. The van der Waals surface area contributed by atoms with Crippen molar-refractivity contribution in [3.05, 3.63) is 35.6 Å². The third-order valence-electron chi connectivity index (χ3n) is 3.82. The molecule has 0 aliphatic carbocycles. The molecule has 0 aromatic heterocycles. The molecule has 1 aromatic carbocycles. The molecule has 114 valence electrons. The van der Waals surface area contributed by atoms with Crippen LogP contribution >= 0.6 is 0 Å². The van der Waals surface area contributed by atoms with Gasteiger partial charge >= 0.3 is 0 Å². The predicted octanol–water partition coefficient (Wildman–Crippen LogP) is 2.09. The van der Waals surface area contributed by atoms with Crippen LogP contribution in [-0.4, -0.2) is 28.8 Å². The van der Waals surface area contributed by atoms with E-state index in [1.807, 2.05) is 20.8 Å². The van der Waals surface area contributed by atoms with E-state index in [2.05, 4.69) is 5.32 Å². The van der Waals surface area contributed by atoms with Crippen LogP contribution in [0.3, 0.4) is 0 Å². The maximum Gasteiger partial charge on any atom is 0.246 e. The van der Waals surface area contributed by atoms with Gasteiger partial charge in [0.15, 0.2) is 0 Å². The zero-order valence-corrected chi connectivity index (χ0v) is 12.6. The lowest BCUT2D eigenvalue weighted by atomic mass is 9.96. The summed E-state index contributed by atoms with van der Waals surface area (Å²) in [6.07, 6.45) is 0.539. The molecule has 1 aliphatic rings. The van der Waals surface area contributed by atoms with Gasteiger partial charge < -0.3 is 10.2 Å². The SMILES string of the molecule is CCC1C(=O)NC(C(C)C)C(=O)N1Cc1cccc(F)c1. The van der Waals surface area contributed by atoms with Crippen LogP contribution < -0.4 is 5.32 Å². The van der Waals surface area contributed by atoms with Gasteiger partial charge in [0.2, 0.25) is 11.8 Å². The van der Waals surface area contributed by atoms with Crippen LogP contribution in [0.4, 0.5) is 4.39 Å². The molecule has 1 saturated heterocycles. The van der Waals surface area contributed by atoms with Crippen LogP contribution in [0.2, 0.25) is 0 Å². The van der Waals surface area contributed by atoms with E-state index < -0.39 is 12.1 Å². The molecule has 2 atom stereocenters. The standard InChI is InChI=1S/C16H21FN2O2/c1-4-13-15(20)18-14(10(2)3)16(21)19(13)9-11-6-5-7-12(17)8-11/h5-8,10,13-14H,4,9H2,1-3H3,(H,18,20). The highest BCUT2D eigenvalue weighted by Crippen LogP contribution is 2.20. The Morgan fingerprint density at radius 2 is 2.05 bits per heavy atom. The molecule has 1 N–H and O–H groups in total. The maximum absolute atomic E-state index is 13.3. The molecule has 1 fully saturated rings. The van der Waals surface area contributed by atoms with Crippen LogP contribution in [0.15, 0.2) is 24.3 Å². The number of piperazine rings is 1. The predicted molar refractivity (Wildman–Crippen MR) is 77.8 cm³/mol. The highest BCUT2D eigenvalue weighted by atomic mass is 19.1. The Morgan fingerprint density at radius 1 is 1.33 bits per heavy atom. The summed E-state index contributed by atoms with van der Waals surface area (Å²) in [5, 5.41) is 2.79. The van der Waals surface area contributed by atoms with E-state index in [0.717, 1.165) is 0 Å². The fourth-order valence-electron chi connectivity index (χ4n) is 2.66. The number of carbonyl (C=O) groups is 2. The molecule has 0 bridgehead atoms. The largest absolute Gasteiger partial charge is 0.342 e. The van der Waals surface area contributed by atoms with E-state index in [1.54, 1.807) is 17.0 Å². The molecule has 1 heterocycles. The Morgan fingerprint density at radius 3 is 2.62 bits per heavy atom. The highest BCUT2D eigenvalue weighted by molar-refractivity contribution is 5.97. The Hall–Kier alpha value is -1.91. The minimum Gasteiger partial charge on any atom is -0.342 e. The maximum atomic E-state index is 13.3. The second-order valence-electron chi connectivity index (χ2n) is 5.75. The monoisotopic (exact) mass is 292 g/mol. The summed E-state index contributed by atoms with van der Waals surface area (Å²) in [4.78, 5) is 26.3. The minimum atomic E-state index is -0.506. The number of hydrogen-bond donors (Lipinski definition) is 1. The molecule has 0 radical (unpaired) electrons. The van der Waals surface area contributed by atoms with E-state index in [1.165, 1.54) is 12.1 Å². The fraction of sp³-hybridized carbons (Fsp3) is 0.500. The van der Waals surface area contributed by atoms with Gasteiger partial charge in [-0.25, -0.2) is 4.39 Å². The number of benzene rings is 1. The fourth-order valence-corrected chi connectivity index (χ4v) is 2.66. The summed E-state index contributed by atoms with van der Waals surface area (Å²) in [5.41, 5.74) is 0.694. The van der Waals surface area contributed by atoms with Crippen molar-refractivity contribution in [2.45, 2.75) is 45.8 Å².